The van der Waals surface area contributed by atoms with Crippen LogP contribution >= 0.6 is 0 Å². The molecule has 0 amide bonds. The van der Waals surface area contributed by atoms with Gasteiger partial charge in [-0.3, -0.25) is 0 Å². The Balaban J connectivity index is 2.28. The zero-order chi connectivity index (χ0) is 24.9. The van der Waals surface area contributed by atoms with E-state index in [9.17, 15) is 39.2 Å². The van der Waals surface area contributed by atoms with Crippen LogP contribution < -0.4 is 5.32 Å². The van der Waals surface area contributed by atoms with E-state index in [1.54, 1.807) is 6.92 Å². The van der Waals surface area contributed by atoms with Crippen LogP contribution in [0.5, 0.6) is 0 Å². The average Bonchev–Trinajstić information content (AvgIpc) is 3.17. The van der Waals surface area contributed by atoms with Gasteiger partial charge in [0.15, 0.2) is 9.84 Å². The van der Waals surface area contributed by atoms with Gasteiger partial charge in [0.05, 0.1) is 4.91 Å². The third-order valence-electron chi connectivity index (χ3n) is 6.30. The lowest BCUT2D eigenvalue weighted by Crippen LogP contribution is -2.51. The van der Waals surface area contributed by atoms with E-state index in [1.807, 2.05) is 0 Å². The maximum atomic E-state index is 14.6. The summed E-state index contributed by atoms with van der Waals surface area (Å²) in [5, 5.41) is 3.09. The molecule has 2 unspecified atom stereocenters. The number of sulfone groups is 1. The van der Waals surface area contributed by atoms with Crippen LogP contribution in [-0.2, 0) is 26.7 Å². The summed E-state index contributed by atoms with van der Waals surface area (Å²) in [4.78, 5) is -0.0870. The van der Waals surface area contributed by atoms with Crippen molar-refractivity contribution in [1.29, 1.82) is 0 Å². The fourth-order valence-electron chi connectivity index (χ4n) is 4.84. The summed E-state index contributed by atoms with van der Waals surface area (Å²) in [7, 11) is -4.16. The van der Waals surface area contributed by atoms with E-state index in [-0.39, 0.29) is 41.8 Å². The largest absolute Gasteiger partial charge is 0.435 e. The molecule has 1 fully saturated rings. The highest BCUT2D eigenvalue weighted by molar-refractivity contribution is 7.96. The van der Waals surface area contributed by atoms with Crippen molar-refractivity contribution in [2.24, 2.45) is 0 Å². The summed E-state index contributed by atoms with van der Waals surface area (Å²) < 4.78 is 120. The summed E-state index contributed by atoms with van der Waals surface area (Å²) in [5.41, 5.74) is -7.16. The molecule has 0 radical (unpaired) electrons. The minimum Gasteiger partial charge on any atom is -0.312 e. The van der Waals surface area contributed by atoms with Gasteiger partial charge in [0.2, 0.25) is 0 Å². The van der Waals surface area contributed by atoms with Crippen molar-refractivity contribution in [3.8, 4) is 0 Å². The first-order chi connectivity index (χ1) is 15.2. The van der Waals surface area contributed by atoms with Gasteiger partial charge in [0, 0.05) is 11.6 Å². The molecule has 1 aliphatic heterocycles. The number of benzene rings is 1. The Morgan fingerprint density at radius 3 is 2.33 bits per heavy atom. The number of rotatable bonds is 5. The first kappa shape index (κ1) is 25.5. The number of allylic oxidation sites excluding steroid dienone is 4. The number of halogens is 7. The van der Waals surface area contributed by atoms with Crippen LogP contribution in [0.15, 0.2) is 54.0 Å². The first-order valence-corrected chi connectivity index (χ1v) is 11.6. The van der Waals surface area contributed by atoms with Crippen LogP contribution in [0.2, 0.25) is 0 Å². The molecule has 11 heteroatoms. The first-order valence-electron chi connectivity index (χ1n) is 10.1. The predicted molar refractivity (Wildman–Crippen MR) is 110 cm³/mol. The van der Waals surface area contributed by atoms with Gasteiger partial charge >= 0.3 is 18.0 Å². The van der Waals surface area contributed by atoms with Crippen LogP contribution in [-0.4, -0.2) is 33.4 Å². The Kier molecular flexibility index (Phi) is 6.38. The molecule has 1 aromatic carbocycles. The number of hydrogen-bond donors (Lipinski definition) is 1. The van der Waals surface area contributed by atoms with Crippen molar-refractivity contribution in [3.63, 3.8) is 0 Å². The fraction of sp³-hybridized carbons (Fsp3) is 0.455. The van der Waals surface area contributed by atoms with Crippen LogP contribution in [0.1, 0.15) is 36.5 Å². The monoisotopic (exact) mass is 497 g/mol. The Morgan fingerprint density at radius 2 is 1.79 bits per heavy atom. The highest BCUT2D eigenvalue weighted by Crippen LogP contribution is 2.55. The predicted octanol–water partition coefficient (Wildman–Crippen LogP) is 5.54. The van der Waals surface area contributed by atoms with Crippen molar-refractivity contribution in [2.75, 3.05) is 6.54 Å². The van der Waals surface area contributed by atoms with Crippen LogP contribution in [0.4, 0.5) is 30.7 Å². The molecule has 3 nitrogen and oxygen atoms in total. The third-order valence-corrected chi connectivity index (χ3v) is 8.86. The Hall–Kier alpha value is -2.14. The van der Waals surface area contributed by atoms with E-state index in [4.69, 9.17) is 0 Å². The maximum Gasteiger partial charge on any atom is 0.435 e. The number of nitrogens with one attached hydrogen (secondary N) is 1. The van der Waals surface area contributed by atoms with Gasteiger partial charge in [-0.1, -0.05) is 36.9 Å². The highest BCUT2D eigenvalue weighted by atomic mass is 32.2. The Bertz CT molecular complexity index is 1090. The van der Waals surface area contributed by atoms with E-state index in [0.29, 0.717) is 12.1 Å². The van der Waals surface area contributed by atoms with Crippen LogP contribution in [0.3, 0.4) is 0 Å². The smallest absolute Gasteiger partial charge is 0.312 e. The van der Waals surface area contributed by atoms with Gasteiger partial charge in [0.1, 0.15) is 4.75 Å². The molecule has 0 saturated carbocycles. The van der Waals surface area contributed by atoms with E-state index >= 15 is 0 Å². The second-order valence-electron chi connectivity index (χ2n) is 8.02. The second-order valence-corrected chi connectivity index (χ2v) is 10.2. The van der Waals surface area contributed by atoms with Crippen molar-refractivity contribution >= 4 is 9.84 Å². The average molecular weight is 497 g/mol. The van der Waals surface area contributed by atoms with E-state index in [1.165, 1.54) is 24.3 Å². The number of hydrogen-bond acceptors (Lipinski definition) is 3. The summed E-state index contributed by atoms with van der Waals surface area (Å²) in [6.45, 7) is 5.39. The van der Waals surface area contributed by atoms with Crippen LogP contribution in [0, 0.1) is 0 Å². The summed E-state index contributed by atoms with van der Waals surface area (Å²) >= 11 is 0. The summed E-state index contributed by atoms with van der Waals surface area (Å²) in [6, 6.07) is 1.19. The Labute approximate surface area is 187 Å². The fourth-order valence-corrected chi connectivity index (χ4v) is 7.28. The minimum atomic E-state index is -6.25. The molecule has 1 N–H and O–H groups in total. The molecule has 33 heavy (non-hydrogen) atoms. The number of fused-ring (bicyclic) bond motifs is 3. The van der Waals surface area contributed by atoms with E-state index < -0.39 is 44.2 Å². The SMILES string of the molecule is C=C/C=C(\C=C/C)S(=O)(=O)C12CCNC1CCc1cc(C(F)(C(F)(F)F)C(F)(F)F)ccc12. The summed E-state index contributed by atoms with van der Waals surface area (Å²) in [6.07, 6.45) is -6.90. The molecule has 0 aromatic heterocycles. The van der Waals surface area contributed by atoms with Crippen LogP contribution in [0.25, 0.3) is 0 Å². The zero-order valence-corrected chi connectivity index (χ0v) is 18.3. The zero-order valence-electron chi connectivity index (χ0n) is 17.5. The maximum absolute atomic E-state index is 14.6. The van der Waals surface area contributed by atoms with Gasteiger partial charge in [-0.05, 0) is 56.0 Å². The lowest BCUT2D eigenvalue weighted by Gasteiger charge is -2.41. The van der Waals surface area contributed by atoms with Crippen molar-refractivity contribution in [3.05, 3.63) is 70.7 Å². The molecule has 3 rings (SSSR count). The second kappa shape index (κ2) is 8.26. The molecule has 0 spiro atoms. The molecular weight excluding hydrogens is 475 g/mol. The van der Waals surface area contributed by atoms with Crippen molar-refractivity contribution < 1.29 is 39.2 Å². The van der Waals surface area contributed by atoms with Gasteiger partial charge in [-0.2, -0.15) is 26.3 Å². The standard InChI is InChI=1S/C22H22F7NO2S/c1-3-5-16(6-4-2)33(31,32)19-11-12-30-18(19)10-7-14-13-15(8-9-17(14)19)20(23,21(24,25)26)22(27,28)29/h3-6,8-9,13,18,30H,1,7,10-12H2,2H3/b6-4-,16-5+. The minimum absolute atomic E-state index is 0.00593. The van der Waals surface area contributed by atoms with Gasteiger partial charge in [-0.25, -0.2) is 12.8 Å². The molecule has 1 aliphatic carbocycles. The lowest BCUT2D eigenvalue weighted by atomic mass is 9.77. The number of aryl methyl sites for hydroxylation is 1. The lowest BCUT2D eigenvalue weighted by molar-refractivity contribution is -0.348. The summed E-state index contributed by atoms with van der Waals surface area (Å²) in [5.74, 6) is 0. The van der Waals surface area contributed by atoms with Gasteiger partial charge in [0.25, 0.3) is 0 Å². The molecule has 1 saturated heterocycles. The topological polar surface area (TPSA) is 46.2 Å². The van der Waals surface area contributed by atoms with Crippen molar-refractivity contribution in [2.45, 2.75) is 55.0 Å². The van der Waals surface area contributed by atoms with E-state index in [0.717, 1.165) is 6.07 Å². The molecule has 1 heterocycles. The van der Waals surface area contributed by atoms with Crippen molar-refractivity contribution in [1.82, 2.24) is 5.32 Å². The molecule has 2 atom stereocenters. The third kappa shape index (κ3) is 3.63. The van der Waals surface area contributed by atoms with Gasteiger partial charge < -0.3 is 5.32 Å². The van der Waals surface area contributed by atoms with Gasteiger partial charge in [-0.15, -0.1) is 0 Å². The quantitative estimate of drug-likeness (QED) is 0.429. The molecule has 0 bridgehead atoms. The Morgan fingerprint density at radius 1 is 1.15 bits per heavy atom. The molecule has 182 valence electrons. The molecule has 2 aliphatic rings. The molecule has 1 aromatic rings. The highest BCUT2D eigenvalue weighted by Gasteiger charge is 2.73. The molecular formula is C22H22F7NO2S. The van der Waals surface area contributed by atoms with E-state index in [2.05, 4.69) is 11.9 Å². The number of alkyl halides is 7. The normalized spacial score (nSPS) is 24.6.